The van der Waals surface area contributed by atoms with Gasteiger partial charge in [0.25, 0.3) is 15.7 Å². The van der Waals surface area contributed by atoms with Gasteiger partial charge in [-0.05, 0) is 43.2 Å². The highest BCUT2D eigenvalue weighted by atomic mass is 32.2. The predicted octanol–water partition coefficient (Wildman–Crippen LogP) is 3.04. The standard InChI is InChI=1S/C15H16N2O4S/c1-11-7-8-13(9-12(11)2)16(3)22(20,21)15-6-4-5-14(10-15)17(18)19/h4-10H,1-3H3. The van der Waals surface area contributed by atoms with Gasteiger partial charge in [-0.1, -0.05) is 12.1 Å². The summed E-state index contributed by atoms with van der Waals surface area (Å²) in [5.41, 5.74) is 2.28. The maximum atomic E-state index is 12.6. The minimum atomic E-state index is -3.85. The smallest absolute Gasteiger partial charge is 0.269 e. The molecule has 0 aliphatic rings. The fourth-order valence-electron chi connectivity index (χ4n) is 1.98. The van der Waals surface area contributed by atoms with Gasteiger partial charge in [-0.2, -0.15) is 0 Å². The third-order valence-electron chi connectivity index (χ3n) is 3.54. The second kappa shape index (κ2) is 5.76. The molecule has 0 aliphatic carbocycles. The molecule has 2 rings (SSSR count). The van der Waals surface area contributed by atoms with Crippen molar-refractivity contribution in [3.63, 3.8) is 0 Å². The predicted molar refractivity (Wildman–Crippen MR) is 84.6 cm³/mol. The Bertz CT molecular complexity index is 831. The summed E-state index contributed by atoms with van der Waals surface area (Å²) >= 11 is 0. The van der Waals surface area contributed by atoms with Crippen molar-refractivity contribution in [1.29, 1.82) is 0 Å². The number of aryl methyl sites for hydroxylation is 2. The fourth-order valence-corrected chi connectivity index (χ4v) is 3.20. The van der Waals surface area contributed by atoms with E-state index in [4.69, 9.17) is 0 Å². The van der Waals surface area contributed by atoms with Crippen molar-refractivity contribution in [3.05, 3.63) is 63.7 Å². The monoisotopic (exact) mass is 320 g/mol. The topological polar surface area (TPSA) is 80.5 Å². The largest absolute Gasteiger partial charge is 0.270 e. The lowest BCUT2D eigenvalue weighted by atomic mass is 10.1. The quantitative estimate of drug-likeness (QED) is 0.640. The second-order valence-electron chi connectivity index (χ2n) is 5.00. The Morgan fingerprint density at radius 2 is 1.73 bits per heavy atom. The van der Waals surface area contributed by atoms with Crippen LogP contribution in [0.5, 0.6) is 0 Å². The zero-order chi connectivity index (χ0) is 16.5. The third-order valence-corrected chi connectivity index (χ3v) is 5.32. The Morgan fingerprint density at radius 3 is 2.32 bits per heavy atom. The lowest BCUT2D eigenvalue weighted by Crippen LogP contribution is -2.26. The Labute approximate surface area is 129 Å². The van der Waals surface area contributed by atoms with E-state index in [1.54, 1.807) is 12.1 Å². The first-order valence-electron chi connectivity index (χ1n) is 6.54. The van der Waals surface area contributed by atoms with Gasteiger partial charge < -0.3 is 0 Å². The van der Waals surface area contributed by atoms with Crippen LogP contribution >= 0.6 is 0 Å². The van der Waals surface area contributed by atoms with Crippen LogP contribution in [0.2, 0.25) is 0 Å². The molecule has 116 valence electrons. The Balaban J connectivity index is 2.47. The summed E-state index contributed by atoms with van der Waals surface area (Å²) < 4.78 is 26.3. The summed E-state index contributed by atoms with van der Waals surface area (Å²) in [6.07, 6.45) is 0. The van der Waals surface area contributed by atoms with Gasteiger partial charge in [0, 0.05) is 19.2 Å². The van der Waals surface area contributed by atoms with E-state index in [1.807, 2.05) is 19.9 Å². The van der Waals surface area contributed by atoms with Crippen LogP contribution in [0, 0.1) is 24.0 Å². The van der Waals surface area contributed by atoms with Gasteiger partial charge >= 0.3 is 0 Å². The summed E-state index contributed by atoms with van der Waals surface area (Å²) in [6.45, 7) is 3.83. The van der Waals surface area contributed by atoms with Crippen molar-refractivity contribution < 1.29 is 13.3 Å². The fraction of sp³-hybridized carbons (Fsp3) is 0.200. The number of nitro groups is 1. The molecule has 22 heavy (non-hydrogen) atoms. The number of sulfonamides is 1. The van der Waals surface area contributed by atoms with Gasteiger partial charge in [0.2, 0.25) is 0 Å². The van der Waals surface area contributed by atoms with E-state index in [1.165, 1.54) is 25.2 Å². The van der Waals surface area contributed by atoms with E-state index in [2.05, 4.69) is 0 Å². The van der Waals surface area contributed by atoms with Gasteiger partial charge in [0.05, 0.1) is 15.5 Å². The van der Waals surface area contributed by atoms with Crippen LogP contribution in [0.4, 0.5) is 11.4 Å². The number of benzene rings is 2. The van der Waals surface area contributed by atoms with Crippen LogP contribution < -0.4 is 4.31 Å². The molecule has 0 amide bonds. The van der Waals surface area contributed by atoms with Crippen molar-refractivity contribution >= 4 is 21.4 Å². The van der Waals surface area contributed by atoms with E-state index >= 15 is 0 Å². The van der Waals surface area contributed by atoms with Gasteiger partial charge in [-0.15, -0.1) is 0 Å². The Morgan fingerprint density at radius 1 is 1.05 bits per heavy atom. The summed E-state index contributed by atoms with van der Waals surface area (Å²) in [4.78, 5) is 10.1. The molecule has 0 saturated heterocycles. The lowest BCUT2D eigenvalue weighted by Gasteiger charge is -2.20. The molecule has 0 spiro atoms. The van der Waals surface area contributed by atoms with Crippen molar-refractivity contribution in [2.24, 2.45) is 0 Å². The molecule has 6 nitrogen and oxygen atoms in total. The number of hydrogen-bond acceptors (Lipinski definition) is 4. The Kier molecular flexibility index (Phi) is 4.18. The molecule has 2 aromatic carbocycles. The molecule has 0 fully saturated rings. The van der Waals surface area contributed by atoms with Crippen LogP contribution in [-0.4, -0.2) is 20.4 Å². The molecular formula is C15H16N2O4S. The summed E-state index contributed by atoms with van der Waals surface area (Å²) in [6, 6.07) is 10.3. The minimum absolute atomic E-state index is 0.109. The molecule has 0 radical (unpaired) electrons. The molecule has 0 saturated carbocycles. The van der Waals surface area contributed by atoms with Gasteiger partial charge in [-0.25, -0.2) is 8.42 Å². The molecule has 0 bridgehead atoms. The minimum Gasteiger partial charge on any atom is -0.269 e. The van der Waals surface area contributed by atoms with Crippen LogP contribution in [0.25, 0.3) is 0 Å². The SMILES string of the molecule is Cc1ccc(N(C)S(=O)(=O)c2cccc([N+](=O)[O-])c2)cc1C. The average molecular weight is 320 g/mol. The van der Waals surface area contributed by atoms with Crippen LogP contribution in [0.1, 0.15) is 11.1 Å². The van der Waals surface area contributed by atoms with Gasteiger partial charge in [0.1, 0.15) is 0 Å². The van der Waals surface area contributed by atoms with E-state index < -0.39 is 14.9 Å². The molecule has 0 unspecified atom stereocenters. The van der Waals surface area contributed by atoms with E-state index in [0.717, 1.165) is 21.5 Å². The van der Waals surface area contributed by atoms with Crippen molar-refractivity contribution in [2.45, 2.75) is 18.7 Å². The molecule has 0 atom stereocenters. The first-order valence-corrected chi connectivity index (χ1v) is 7.98. The van der Waals surface area contributed by atoms with E-state index in [0.29, 0.717) is 5.69 Å². The number of rotatable bonds is 4. The van der Waals surface area contributed by atoms with Gasteiger partial charge in [-0.3, -0.25) is 14.4 Å². The highest BCUT2D eigenvalue weighted by Crippen LogP contribution is 2.26. The number of anilines is 1. The van der Waals surface area contributed by atoms with Crippen molar-refractivity contribution in [3.8, 4) is 0 Å². The normalized spacial score (nSPS) is 11.2. The number of nitro benzene ring substituents is 1. The van der Waals surface area contributed by atoms with E-state index in [9.17, 15) is 18.5 Å². The molecule has 0 N–H and O–H groups in total. The maximum Gasteiger partial charge on any atom is 0.270 e. The maximum absolute atomic E-state index is 12.6. The average Bonchev–Trinajstić information content (AvgIpc) is 2.49. The zero-order valence-electron chi connectivity index (χ0n) is 12.5. The molecule has 0 heterocycles. The highest BCUT2D eigenvalue weighted by molar-refractivity contribution is 7.92. The zero-order valence-corrected chi connectivity index (χ0v) is 13.3. The molecule has 0 aliphatic heterocycles. The van der Waals surface area contributed by atoms with Crippen LogP contribution in [-0.2, 0) is 10.0 Å². The highest BCUT2D eigenvalue weighted by Gasteiger charge is 2.23. The Hall–Kier alpha value is -2.41. The molecule has 0 aromatic heterocycles. The number of hydrogen-bond donors (Lipinski definition) is 0. The van der Waals surface area contributed by atoms with Crippen LogP contribution in [0.15, 0.2) is 47.4 Å². The molecule has 7 heteroatoms. The summed E-state index contributed by atoms with van der Waals surface area (Å²) in [5.74, 6) is 0. The van der Waals surface area contributed by atoms with E-state index in [-0.39, 0.29) is 10.6 Å². The number of nitrogens with zero attached hydrogens (tertiary/aromatic N) is 2. The number of non-ortho nitro benzene ring substituents is 1. The second-order valence-corrected chi connectivity index (χ2v) is 6.96. The summed E-state index contributed by atoms with van der Waals surface area (Å²) in [7, 11) is -2.42. The third kappa shape index (κ3) is 2.94. The van der Waals surface area contributed by atoms with Crippen molar-refractivity contribution in [2.75, 3.05) is 11.4 Å². The lowest BCUT2D eigenvalue weighted by molar-refractivity contribution is -0.385. The molecular weight excluding hydrogens is 304 g/mol. The molecule has 2 aromatic rings. The summed E-state index contributed by atoms with van der Waals surface area (Å²) in [5, 5.41) is 10.8. The first kappa shape index (κ1) is 16.0. The van der Waals surface area contributed by atoms with Crippen LogP contribution in [0.3, 0.4) is 0 Å². The first-order chi connectivity index (χ1) is 10.2. The van der Waals surface area contributed by atoms with Gasteiger partial charge in [0.15, 0.2) is 0 Å². The van der Waals surface area contributed by atoms with Crippen molar-refractivity contribution in [1.82, 2.24) is 0 Å².